The molecule has 3 aromatic rings. The van der Waals surface area contributed by atoms with Gasteiger partial charge in [-0.15, -0.1) is 5.10 Å². The first-order chi connectivity index (χ1) is 16.0. The number of likely N-dealkylation sites (tertiary alicyclic amines) is 1. The van der Waals surface area contributed by atoms with E-state index in [1.54, 1.807) is 4.68 Å². The molecule has 2 aliphatic rings. The molecule has 33 heavy (non-hydrogen) atoms. The molecule has 1 aromatic carbocycles. The Morgan fingerprint density at radius 3 is 2.76 bits per heavy atom. The second kappa shape index (κ2) is 9.08. The van der Waals surface area contributed by atoms with Crippen molar-refractivity contribution < 1.29 is 4.79 Å². The number of aromatic amines is 1. The van der Waals surface area contributed by atoms with Crippen LogP contribution in [0.3, 0.4) is 0 Å². The standard InChI is InChI=1S/C25H32N6O2/c1-16-10-11-17(2)20(13-16)15-31-23-21(28-29-31)24(32)27-22(26-23)19-9-6-12-30(14-19)25(33)18-7-4-3-5-8-18/h10-11,13,18-19H,3-9,12,14-15H2,1-2H3,(H,26,27,32)/t19-/m0/s1. The Labute approximate surface area is 193 Å². The number of piperidine rings is 1. The molecule has 8 heteroatoms. The fourth-order valence-corrected chi connectivity index (χ4v) is 5.32. The number of aromatic nitrogens is 5. The number of H-pyrrole nitrogens is 1. The van der Waals surface area contributed by atoms with Gasteiger partial charge in [-0.3, -0.25) is 9.59 Å². The number of hydrogen-bond acceptors (Lipinski definition) is 5. The lowest BCUT2D eigenvalue weighted by Crippen LogP contribution is -2.43. The molecule has 1 saturated heterocycles. The first-order valence-corrected chi connectivity index (χ1v) is 12.2. The average molecular weight is 449 g/mol. The number of amides is 1. The number of nitrogens with one attached hydrogen (secondary N) is 1. The number of benzene rings is 1. The van der Waals surface area contributed by atoms with Crippen LogP contribution in [0.5, 0.6) is 0 Å². The van der Waals surface area contributed by atoms with Crippen molar-refractivity contribution in [1.82, 2.24) is 29.9 Å². The number of hydrogen-bond donors (Lipinski definition) is 1. The van der Waals surface area contributed by atoms with Crippen molar-refractivity contribution in [2.45, 2.75) is 71.3 Å². The van der Waals surface area contributed by atoms with E-state index in [1.807, 2.05) is 4.90 Å². The molecule has 1 aliphatic heterocycles. The summed E-state index contributed by atoms with van der Waals surface area (Å²) in [5, 5.41) is 8.33. The van der Waals surface area contributed by atoms with E-state index in [2.05, 4.69) is 47.3 Å². The van der Waals surface area contributed by atoms with Crippen LogP contribution in [-0.4, -0.2) is 48.9 Å². The molecule has 5 rings (SSSR count). The number of aryl methyl sites for hydroxylation is 2. The lowest BCUT2D eigenvalue weighted by Gasteiger charge is -2.35. The third kappa shape index (κ3) is 4.43. The van der Waals surface area contributed by atoms with E-state index >= 15 is 0 Å². The highest BCUT2D eigenvalue weighted by molar-refractivity contribution is 5.79. The van der Waals surface area contributed by atoms with Crippen LogP contribution >= 0.6 is 0 Å². The Hall–Kier alpha value is -3.03. The molecule has 1 atom stereocenters. The van der Waals surface area contributed by atoms with Gasteiger partial charge >= 0.3 is 0 Å². The van der Waals surface area contributed by atoms with Crippen molar-refractivity contribution in [1.29, 1.82) is 0 Å². The molecule has 3 heterocycles. The van der Waals surface area contributed by atoms with Gasteiger partial charge in [0.2, 0.25) is 5.91 Å². The van der Waals surface area contributed by atoms with E-state index in [4.69, 9.17) is 4.98 Å². The second-order valence-electron chi connectivity index (χ2n) is 9.76. The van der Waals surface area contributed by atoms with E-state index < -0.39 is 0 Å². The molecule has 8 nitrogen and oxygen atoms in total. The summed E-state index contributed by atoms with van der Waals surface area (Å²) in [6, 6.07) is 6.31. The summed E-state index contributed by atoms with van der Waals surface area (Å²) in [6.07, 6.45) is 7.37. The molecule has 0 spiro atoms. The molecule has 1 N–H and O–H groups in total. The maximum atomic E-state index is 13.1. The van der Waals surface area contributed by atoms with Crippen LogP contribution in [-0.2, 0) is 11.3 Å². The van der Waals surface area contributed by atoms with E-state index in [9.17, 15) is 9.59 Å². The number of nitrogens with zero attached hydrogens (tertiary/aromatic N) is 5. The van der Waals surface area contributed by atoms with Crippen LogP contribution in [0.25, 0.3) is 11.2 Å². The normalized spacial score (nSPS) is 19.8. The lowest BCUT2D eigenvalue weighted by atomic mass is 9.87. The molecular formula is C25H32N6O2. The van der Waals surface area contributed by atoms with E-state index in [-0.39, 0.29) is 28.8 Å². The van der Waals surface area contributed by atoms with Crippen LogP contribution in [0.1, 0.15) is 73.4 Å². The number of fused-ring (bicyclic) bond motifs is 1. The van der Waals surface area contributed by atoms with Gasteiger partial charge in [0, 0.05) is 24.9 Å². The van der Waals surface area contributed by atoms with Gasteiger partial charge in [-0.1, -0.05) is 48.2 Å². The lowest BCUT2D eigenvalue weighted by molar-refractivity contribution is -0.137. The van der Waals surface area contributed by atoms with Gasteiger partial charge in [0.25, 0.3) is 5.56 Å². The average Bonchev–Trinajstić information content (AvgIpc) is 3.25. The number of carbonyl (C=O) groups excluding carboxylic acids is 1. The molecular weight excluding hydrogens is 416 g/mol. The van der Waals surface area contributed by atoms with Gasteiger partial charge in [0.15, 0.2) is 11.2 Å². The van der Waals surface area contributed by atoms with Crippen molar-refractivity contribution in [3.05, 3.63) is 51.1 Å². The van der Waals surface area contributed by atoms with E-state index in [0.717, 1.165) is 50.6 Å². The van der Waals surface area contributed by atoms with Crippen molar-refractivity contribution in [3.8, 4) is 0 Å². The molecule has 0 radical (unpaired) electrons. The summed E-state index contributed by atoms with van der Waals surface area (Å²) in [5.74, 6) is 1.10. The Morgan fingerprint density at radius 1 is 1.12 bits per heavy atom. The summed E-state index contributed by atoms with van der Waals surface area (Å²) in [5.41, 5.74) is 3.97. The highest BCUT2D eigenvalue weighted by atomic mass is 16.2. The van der Waals surface area contributed by atoms with Gasteiger partial charge in [-0.2, -0.15) is 0 Å². The number of rotatable bonds is 4. The smallest absolute Gasteiger partial charge is 0.281 e. The van der Waals surface area contributed by atoms with Crippen LogP contribution < -0.4 is 5.56 Å². The molecule has 1 saturated carbocycles. The van der Waals surface area contributed by atoms with Crippen molar-refractivity contribution in [2.24, 2.45) is 5.92 Å². The fourth-order valence-electron chi connectivity index (χ4n) is 5.32. The van der Waals surface area contributed by atoms with Gasteiger partial charge in [0.05, 0.1) is 6.54 Å². The third-order valence-corrected chi connectivity index (χ3v) is 7.29. The van der Waals surface area contributed by atoms with E-state index in [1.165, 1.54) is 17.5 Å². The zero-order chi connectivity index (χ0) is 22.9. The number of carbonyl (C=O) groups is 1. The Bertz CT molecular complexity index is 1220. The van der Waals surface area contributed by atoms with Crippen LogP contribution in [0, 0.1) is 19.8 Å². The van der Waals surface area contributed by atoms with Gasteiger partial charge in [-0.05, 0) is 50.7 Å². The Kier molecular flexibility index (Phi) is 6.00. The summed E-state index contributed by atoms with van der Waals surface area (Å²) >= 11 is 0. The zero-order valence-corrected chi connectivity index (χ0v) is 19.5. The molecule has 1 aliphatic carbocycles. The van der Waals surface area contributed by atoms with Gasteiger partial charge in [0.1, 0.15) is 5.82 Å². The van der Waals surface area contributed by atoms with Crippen molar-refractivity contribution in [3.63, 3.8) is 0 Å². The third-order valence-electron chi connectivity index (χ3n) is 7.29. The summed E-state index contributed by atoms with van der Waals surface area (Å²) in [4.78, 5) is 35.6. The molecule has 1 amide bonds. The first kappa shape index (κ1) is 21.8. The molecule has 2 fully saturated rings. The van der Waals surface area contributed by atoms with Crippen LogP contribution in [0.2, 0.25) is 0 Å². The topological polar surface area (TPSA) is 96.8 Å². The van der Waals surface area contributed by atoms with Gasteiger partial charge in [-0.25, -0.2) is 9.67 Å². The van der Waals surface area contributed by atoms with Crippen LogP contribution in [0.15, 0.2) is 23.0 Å². The molecule has 174 valence electrons. The van der Waals surface area contributed by atoms with Crippen molar-refractivity contribution in [2.75, 3.05) is 13.1 Å². The first-order valence-electron chi connectivity index (χ1n) is 12.2. The fraction of sp³-hybridized carbons (Fsp3) is 0.560. The molecule has 0 unspecified atom stereocenters. The van der Waals surface area contributed by atoms with E-state index in [0.29, 0.717) is 24.6 Å². The largest absolute Gasteiger partial charge is 0.342 e. The highest BCUT2D eigenvalue weighted by Gasteiger charge is 2.31. The monoisotopic (exact) mass is 448 g/mol. The Balaban J connectivity index is 1.41. The summed E-state index contributed by atoms with van der Waals surface area (Å²) in [7, 11) is 0. The predicted octanol–water partition coefficient (Wildman–Crippen LogP) is 3.47. The molecule has 0 bridgehead atoms. The quantitative estimate of drug-likeness (QED) is 0.659. The van der Waals surface area contributed by atoms with Crippen LogP contribution in [0.4, 0.5) is 0 Å². The maximum Gasteiger partial charge on any atom is 0.281 e. The van der Waals surface area contributed by atoms with Crippen molar-refractivity contribution >= 4 is 17.1 Å². The Morgan fingerprint density at radius 2 is 1.94 bits per heavy atom. The highest BCUT2D eigenvalue weighted by Crippen LogP contribution is 2.30. The second-order valence-corrected chi connectivity index (χ2v) is 9.76. The SMILES string of the molecule is Cc1ccc(C)c(Cn2nnc3c(=O)[nH]c([C@H]4CCCN(C(=O)C5CCCCC5)C4)nc32)c1. The molecule has 2 aromatic heterocycles. The van der Waals surface area contributed by atoms with Gasteiger partial charge < -0.3 is 9.88 Å². The minimum absolute atomic E-state index is 0.0208. The minimum Gasteiger partial charge on any atom is -0.342 e. The zero-order valence-electron chi connectivity index (χ0n) is 19.5. The predicted molar refractivity (Wildman–Crippen MR) is 126 cm³/mol. The maximum absolute atomic E-state index is 13.1. The summed E-state index contributed by atoms with van der Waals surface area (Å²) < 4.78 is 1.71. The minimum atomic E-state index is -0.266. The summed E-state index contributed by atoms with van der Waals surface area (Å²) in [6.45, 7) is 6.05.